The fraction of sp³-hybridized carbons (Fsp3) is 0.200. The molecular formula is C5H6O6S2Y2-4. The van der Waals surface area contributed by atoms with Gasteiger partial charge in [-0.25, -0.2) is 5.62 Å². The first kappa shape index (κ1) is 29.9. The van der Waals surface area contributed by atoms with Gasteiger partial charge in [0.25, 0.3) is 0 Å². The maximum absolute atomic E-state index is 10.0. The molecule has 15 heavy (non-hydrogen) atoms. The molecule has 0 bridgehead atoms. The second-order valence-corrected chi connectivity index (χ2v) is 3.25. The van der Waals surface area contributed by atoms with E-state index >= 15 is 0 Å². The number of hydrogen-bond acceptors (Lipinski definition) is 5. The van der Waals surface area contributed by atoms with Crippen LogP contribution in [0.15, 0.2) is 0 Å². The van der Waals surface area contributed by atoms with Gasteiger partial charge in [0.1, 0.15) is 0 Å². The SMILES string of the molecule is O=[C-]O.O=[C-]O.[CH2-]S(=O)CS[C-]=O.[Y].[Y]. The summed E-state index contributed by atoms with van der Waals surface area (Å²) >= 11 is 0.848. The van der Waals surface area contributed by atoms with Crippen molar-refractivity contribution in [3.63, 3.8) is 0 Å². The largest absolute Gasteiger partial charge is 0.665 e. The summed E-state index contributed by atoms with van der Waals surface area (Å²) in [6.07, 6.45) is 3.15. The van der Waals surface area contributed by atoms with Gasteiger partial charge in [-0.1, -0.05) is 12.9 Å². The van der Waals surface area contributed by atoms with Gasteiger partial charge in [-0.15, -0.1) is 10.8 Å². The molecule has 0 saturated heterocycles. The van der Waals surface area contributed by atoms with Crippen LogP contribution < -0.4 is 0 Å². The topological polar surface area (TPSA) is 109 Å². The zero-order chi connectivity index (χ0) is 11.1. The van der Waals surface area contributed by atoms with Crippen LogP contribution in [0.2, 0.25) is 0 Å². The minimum Gasteiger partial charge on any atom is -0.665 e. The van der Waals surface area contributed by atoms with Gasteiger partial charge in [0.2, 0.25) is 0 Å². The first-order valence-corrected chi connectivity index (χ1v) is 4.77. The second-order valence-electron chi connectivity index (χ2n) is 0.968. The Morgan fingerprint density at radius 1 is 1.13 bits per heavy atom. The summed E-state index contributed by atoms with van der Waals surface area (Å²) in [5.41, 5.74) is 1.53. The third kappa shape index (κ3) is 96.1. The van der Waals surface area contributed by atoms with E-state index in [1.54, 1.807) is 0 Å². The maximum Gasteiger partial charge on any atom is 0.0124 e. The van der Waals surface area contributed by atoms with Gasteiger partial charge in [0.05, 0.1) is 0 Å². The summed E-state index contributed by atoms with van der Waals surface area (Å²) < 4.78 is 10.0. The van der Waals surface area contributed by atoms with Crippen molar-refractivity contribution in [3.8, 4) is 0 Å². The van der Waals surface area contributed by atoms with Gasteiger partial charge in [-0.3, -0.25) is 10.5 Å². The summed E-state index contributed by atoms with van der Waals surface area (Å²) in [5.74, 6) is 0. The number of thioether (sulfide) groups is 1. The molecule has 2 N–H and O–H groups in total. The third-order valence-electron chi connectivity index (χ3n) is 0.249. The van der Waals surface area contributed by atoms with Crippen LogP contribution in [0.25, 0.3) is 0 Å². The van der Waals surface area contributed by atoms with Gasteiger partial charge >= 0.3 is 0 Å². The molecule has 10 heteroatoms. The van der Waals surface area contributed by atoms with Crippen LogP contribution in [0.4, 0.5) is 0 Å². The molecule has 0 aliphatic rings. The monoisotopic (exact) mass is 404 g/mol. The predicted octanol–water partition coefficient (Wildman–Crippen LogP) is -0.497. The first-order chi connectivity index (χ1) is 6.10. The van der Waals surface area contributed by atoms with E-state index in [-0.39, 0.29) is 70.5 Å². The van der Waals surface area contributed by atoms with Crippen LogP contribution in [0.5, 0.6) is 0 Å². The van der Waals surface area contributed by atoms with E-state index in [2.05, 4.69) is 6.26 Å². The number of hydrogen-bond donors (Lipinski definition) is 2. The third-order valence-corrected chi connectivity index (χ3v) is 1.89. The molecule has 0 amide bonds. The van der Waals surface area contributed by atoms with Crippen LogP contribution in [0.3, 0.4) is 0 Å². The minimum absolute atomic E-state index is 0. The summed E-state index contributed by atoms with van der Waals surface area (Å²) in [6, 6.07) is 0. The maximum atomic E-state index is 10.0. The molecule has 0 fully saturated rings. The Morgan fingerprint density at radius 2 is 1.40 bits per heavy atom. The summed E-state index contributed by atoms with van der Waals surface area (Å²) in [4.78, 5) is 25.9. The van der Waals surface area contributed by atoms with E-state index < -0.39 is 10.8 Å². The molecular weight excluding hydrogens is 398 g/mol. The Labute approximate surface area is 145 Å². The van der Waals surface area contributed by atoms with Gasteiger partial charge in [-0.05, 0) is 0 Å². The van der Waals surface area contributed by atoms with Gasteiger partial charge in [0.15, 0.2) is 0 Å². The first-order valence-electron chi connectivity index (χ1n) is 2.30. The van der Waals surface area contributed by atoms with Crippen molar-refractivity contribution in [1.29, 1.82) is 0 Å². The molecule has 84 valence electrons. The van der Waals surface area contributed by atoms with Crippen molar-refractivity contribution in [2.24, 2.45) is 0 Å². The Kier molecular flexibility index (Phi) is 72.1. The van der Waals surface area contributed by atoms with Crippen molar-refractivity contribution in [3.05, 3.63) is 6.26 Å². The molecule has 0 spiro atoms. The van der Waals surface area contributed by atoms with Crippen LogP contribution >= 0.6 is 11.8 Å². The summed E-state index contributed by atoms with van der Waals surface area (Å²) in [7, 11) is -1.11. The zero-order valence-electron chi connectivity index (χ0n) is 7.41. The molecule has 1 unspecified atom stereocenters. The van der Waals surface area contributed by atoms with Crippen molar-refractivity contribution in [2.45, 2.75) is 0 Å². The van der Waals surface area contributed by atoms with E-state index in [0.29, 0.717) is 12.9 Å². The van der Waals surface area contributed by atoms with Gasteiger partial charge in [0, 0.05) is 70.5 Å². The Balaban J connectivity index is -0.0000000361. The molecule has 0 rings (SSSR count). The Bertz CT molecular complexity index is 150. The van der Waals surface area contributed by atoms with Crippen molar-refractivity contribution in [1.82, 2.24) is 0 Å². The van der Waals surface area contributed by atoms with E-state index in [9.17, 15) is 9.00 Å². The Hall–Kier alpha value is 1.32. The van der Waals surface area contributed by atoms with E-state index in [1.165, 1.54) is 5.62 Å². The smallest absolute Gasteiger partial charge is 0.0124 e. The van der Waals surface area contributed by atoms with Crippen LogP contribution in [-0.4, -0.2) is 38.1 Å². The normalized spacial score (nSPS) is 7.80. The van der Waals surface area contributed by atoms with Crippen molar-refractivity contribution < 1.29 is 94.2 Å². The number of aliphatic hydroxyl groups excluding tert-OH is 2. The molecule has 0 aromatic rings. The average Bonchev–Trinajstić information content (AvgIpc) is 2.04. The quantitative estimate of drug-likeness (QED) is 0.611. The van der Waals surface area contributed by atoms with E-state index in [4.69, 9.17) is 19.8 Å². The molecule has 6 nitrogen and oxygen atoms in total. The molecule has 2 radical (unpaired) electrons. The molecule has 0 saturated carbocycles. The predicted molar refractivity (Wildman–Crippen MR) is 48.3 cm³/mol. The van der Waals surface area contributed by atoms with Crippen molar-refractivity contribution >= 4 is 41.1 Å². The summed E-state index contributed by atoms with van der Waals surface area (Å²) in [6.45, 7) is 1.00. The standard InChI is InChI=1S/C3H4O2S2.2CHO2.2Y/c1-7(5)3-6-2-4;2*2-1-3;;/h1,3H2;2*(H,2,3);;/q-2;2*-1;;. The minimum atomic E-state index is -1.11. The van der Waals surface area contributed by atoms with Gasteiger partial charge < -0.3 is 36.4 Å². The van der Waals surface area contributed by atoms with Crippen LogP contribution in [0.1, 0.15) is 0 Å². The second kappa shape index (κ2) is 36.2. The number of rotatable bonds is 3. The molecule has 1 atom stereocenters. The fourth-order valence-electron chi connectivity index (χ4n) is 0.0898. The molecule has 0 aliphatic heterocycles. The number of carbonyl (C=O) groups excluding carboxylic acids is 1. The van der Waals surface area contributed by atoms with E-state index in [0.717, 1.165) is 11.8 Å². The molecule has 0 aromatic heterocycles. The van der Waals surface area contributed by atoms with Crippen LogP contribution in [-0.2, 0) is 90.6 Å². The van der Waals surface area contributed by atoms with Gasteiger partial charge in [-0.2, -0.15) is 0 Å². The average molecular weight is 404 g/mol. The van der Waals surface area contributed by atoms with E-state index in [1.807, 2.05) is 0 Å². The zero-order valence-corrected chi connectivity index (χ0v) is 14.7. The molecule has 0 heterocycles. The Morgan fingerprint density at radius 3 is 1.47 bits per heavy atom. The molecule has 0 aliphatic carbocycles. The van der Waals surface area contributed by atoms with Crippen molar-refractivity contribution in [2.75, 3.05) is 5.08 Å². The molecule has 0 aromatic carbocycles. The van der Waals surface area contributed by atoms with Crippen LogP contribution in [0, 0.1) is 6.26 Å². The fourth-order valence-corrected chi connectivity index (χ4v) is 0.808. The summed E-state index contributed by atoms with van der Waals surface area (Å²) in [5, 5.41) is 13.8.